The van der Waals surface area contributed by atoms with Crippen molar-refractivity contribution in [1.29, 1.82) is 0 Å². The molecule has 1 aromatic heterocycles. The zero-order valence-corrected chi connectivity index (χ0v) is 40.7. The van der Waals surface area contributed by atoms with Crippen molar-refractivity contribution in [2.45, 2.75) is 77.7 Å². The van der Waals surface area contributed by atoms with E-state index in [2.05, 4.69) is 190 Å². The number of rotatable bonds is 9. The number of aryl methyl sites for hydroxylation is 1. The second-order valence-electron chi connectivity index (χ2n) is 21.3. The van der Waals surface area contributed by atoms with Crippen molar-refractivity contribution < 1.29 is 14.3 Å². The summed E-state index contributed by atoms with van der Waals surface area (Å²) in [4.78, 5) is 29.8. The number of hydrogen-bond acceptors (Lipinski definition) is 4. The fourth-order valence-electron chi connectivity index (χ4n) is 13.3. The second-order valence-corrected chi connectivity index (χ2v) is 21.3. The summed E-state index contributed by atoms with van der Waals surface area (Å²) in [6.07, 6.45) is 7.12. The van der Waals surface area contributed by atoms with Gasteiger partial charge in [0.25, 0.3) is 0 Å². The number of ether oxygens (including phenoxy) is 1. The predicted molar refractivity (Wildman–Crippen MR) is 292 cm³/mol. The van der Waals surface area contributed by atoms with Crippen LogP contribution in [-0.2, 0) is 22.1 Å². The first-order chi connectivity index (χ1) is 34.5. The van der Waals surface area contributed by atoms with E-state index in [4.69, 9.17) is 4.74 Å². The Kier molecular flexibility index (Phi) is 8.85. The normalized spacial score (nSPS) is 14.9. The van der Waals surface area contributed by atoms with Crippen molar-refractivity contribution in [3.63, 3.8) is 0 Å². The van der Waals surface area contributed by atoms with E-state index in [1.54, 1.807) is 0 Å². The summed E-state index contributed by atoms with van der Waals surface area (Å²) in [5.41, 5.74) is 17.0. The number of fused-ring (bicyclic) bond motifs is 9. The van der Waals surface area contributed by atoms with E-state index >= 15 is 0 Å². The van der Waals surface area contributed by atoms with Crippen LogP contribution >= 0.6 is 0 Å². The second kappa shape index (κ2) is 15.0. The lowest BCUT2D eigenvalue weighted by molar-refractivity contribution is 0.0391. The molecule has 10 aromatic carbocycles. The molecular weight excluding hydrogens is 869 g/mol. The molecule has 2 heterocycles. The number of carbonyl (C=O) groups excluding carboxylic acids is 2. The van der Waals surface area contributed by atoms with Gasteiger partial charge in [-0.25, -0.2) is 9.59 Å². The van der Waals surface area contributed by atoms with Gasteiger partial charge in [-0.2, -0.15) is 0 Å². The van der Waals surface area contributed by atoms with Crippen molar-refractivity contribution >= 4 is 83.0 Å². The molecule has 14 rings (SSSR count). The minimum atomic E-state index is -0.606. The van der Waals surface area contributed by atoms with Gasteiger partial charge in [-0.1, -0.05) is 157 Å². The monoisotopic (exact) mass is 920 g/mol. The van der Waals surface area contributed by atoms with Gasteiger partial charge in [-0.3, -0.25) is 0 Å². The van der Waals surface area contributed by atoms with Crippen LogP contribution in [0.2, 0.25) is 0 Å². The number of anilines is 3. The molecule has 0 atom stereocenters. The van der Waals surface area contributed by atoms with Gasteiger partial charge >= 0.3 is 11.9 Å². The van der Waals surface area contributed by atoms with Crippen molar-refractivity contribution in [2.24, 2.45) is 0 Å². The van der Waals surface area contributed by atoms with Crippen LogP contribution in [0.1, 0.15) is 103 Å². The summed E-state index contributed by atoms with van der Waals surface area (Å²) in [6.45, 7) is 12.7. The van der Waals surface area contributed by atoms with Crippen molar-refractivity contribution in [3.8, 4) is 33.4 Å². The highest BCUT2D eigenvalue weighted by atomic mass is 16.6. The van der Waals surface area contributed by atoms with E-state index in [0.29, 0.717) is 16.5 Å². The van der Waals surface area contributed by atoms with Crippen molar-refractivity contribution in [2.75, 3.05) is 4.90 Å². The van der Waals surface area contributed by atoms with E-state index in [0.717, 1.165) is 73.5 Å². The van der Waals surface area contributed by atoms with Crippen molar-refractivity contribution in [3.05, 3.63) is 197 Å². The third kappa shape index (κ3) is 5.81. The van der Waals surface area contributed by atoms with Gasteiger partial charge < -0.3 is 14.2 Å². The van der Waals surface area contributed by atoms with E-state index in [1.165, 1.54) is 80.1 Å². The standard InChI is InChI=1S/C66H52N2O3/c1-6-7-8-11-32-67-33-31-38-23-24-42(36-57(38)67)68(40-25-27-44-43-17-9-10-22-54(43)65(2,3)55(44)34-40)41-26-28-45-48-19-14-20-49(62(48)66(4,5)56(45)35-41)52-37-53-60-51(63(69)71-64(53)70)30-29-47-46-18-12-15-39-16-13-21-50(58(39)46)59(52)61(47)60/h9-10,12-31,33-37H,6-8,11,32H2,1-5H3. The Morgan fingerprint density at radius 3 is 1.86 bits per heavy atom. The molecule has 5 nitrogen and oxygen atoms in total. The topological polar surface area (TPSA) is 51.5 Å². The maximum atomic E-state index is 14.0. The zero-order valence-electron chi connectivity index (χ0n) is 40.7. The van der Waals surface area contributed by atoms with E-state index in [1.807, 2.05) is 18.2 Å². The van der Waals surface area contributed by atoms with Gasteiger partial charge in [0.15, 0.2) is 0 Å². The summed E-state index contributed by atoms with van der Waals surface area (Å²) in [5, 5.41) is 9.46. The molecule has 11 aromatic rings. The maximum absolute atomic E-state index is 14.0. The molecule has 71 heavy (non-hydrogen) atoms. The molecule has 0 radical (unpaired) electrons. The average Bonchev–Trinajstić information content (AvgIpc) is 3.97. The summed E-state index contributed by atoms with van der Waals surface area (Å²) in [7, 11) is 0. The van der Waals surface area contributed by atoms with Crippen LogP contribution in [0.3, 0.4) is 0 Å². The fourth-order valence-corrected chi connectivity index (χ4v) is 13.3. The molecule has 2 aliphatic carbocycles. The number of unbranched alkanes of at least 4 members (excludes halogenated alkanes) is 3. The van der Waals surface area contributed by atoms with E-state index in [-0.39, 0.29) is 5.41 Å². The third-order valence-electron chi connectivity index (χ3n) is 16.7. The van der Waals surface area contributed by atoms with Gasteiger partial charge in [-0.05, 0) is 160 Å². The van der Waals surface area contributed by atoms with Crippen LogP contribution in [0, 0.1) is 0 Å². The fraction of sp³-hybridized carbons (Fsp3) is 0.182. The van der Waals surface area contributed by atoms with Gasteiger partial charge in [0.1, 0.15) is 0 Å². The molecule has 0 bridgehead atoms. The molecule has 0 unspecified atom stereocenters. The summed E-state index contributed by atoms with van der Waals surface area (Å²) in [5.74, 6) is -1.21. The van der Waals surface area contributed by atoms with Gasteiger partial charge in [0, 0.05) is 46.0 Å². The van der Waals surface area contributed by atoms with Crippen LogP contribution in [0.5, 0.6) is 0 Å². The smallest absolute Gasteiger partial charge is 0.346 e. The molecule has 3 aliphatic rings. The van der Waals surface area contributed by atoms with Crippen LogP contribution in [0.4, 0.5) is 17.1 Å². The highest BCUT2D eigenvalue weighted by molar-refractivity contribution is 6.39. The highest BCUT2D eigenvalue weighted by Gasteiger charge is 2.41. The predicted octanol–water partition coefficient (Wildman–Crippen LogP) is 17.3. The number of hydrogen-bond donors (Lipinski definition) is 0. The Balaban J connectivity index is 0.970. The van der Waals surface area contributed by atoms with Crippen LogP contribution in [-0.4, -0.2) is 16.5 Å². The molecule has 0 amide bonds. The number of carbonyl (C=O) groups is 2. The molecule has 0 spiro atoms. The molecule has 5 heteroatoms. The minimum absolute atomic E-state index is 0.161. The summed E-state index contributed by atoms with van der Waals surface area (Å²) >= 11 is 0. The highest BCUT2D eigenvalue weighted by Crippen LogP contribution is 2.57. The Hall–Kier alpha value is -8.02. The Morgan fingerprint density at radius 1 is 0.451 bits per heavy atom. The Bertz CT molecular complexity index is 4120. The molecule has 0 N–H and O–H groups in total. The number of nitrogens with zero attached hydrogens (tertiary/aromatic N) is 2. The first kappa shape index (κ1) is 41.9. The summed E-state index contributed by atoms with van der Waals surface area (Å²) < 4.78 is 7.90. The van der Waals surface area contributed by atoms with Gasteiger partial charge in [0.05, 0.1) is 16.6 Å². The molecule has 1 aliphatic heterocycles. The largest absolute Gasteiger partial charge is 0.386 e. The first-order valence-corrected chi connectivity index (χ1v) is 25.4. The van der Waals surface area contributed by atoms with E-state index in [9.17, 15) is 9.59 Å². The SMILES string of the molecule is CCCCCCn1ccc2ccc(N(c3ccc4c(c3)C(C)(C)c3ccccc3-4)c3ccc4c(c3)C(C)(C)c3c-4cccc3-c3cc4c5c(ccc6c7cccc8cccc(c3c56)c87)C(=O)OC4=O)cc21. The number of esters is 2. The van der Waals surface area contributed by atoms with Crippen LogP contribution < -0.4 is 4.90 Å². The minimum Gasteiger partial charge on any atom is -0.386 e. The molecular formula is C66H52N2O3. The Morgan fingerprint density at radius 2 is 1.07 bits per heavy atom. The van der Waals surface area contributed by atoms with Crippen LogP contribution in [0.15, 0.2) is 164 Å². The van der Waals surface area contributed by atoms with Crippen molar-refractivity contribution in [1.82, 2.24) is 4.57 Å². The third-order valence-corrected chi connectivity index (χ3v) is 16.7. The molecule has 0 fully saturated rings. The van der Waals surface area contributed by atoms with Gasteiger partial charge in [-0.15, -0.1) is 0 Å². The van der Waals surface area contributed by atoms with Gasteiger partial charge in [0.2, 0.25) is 0 Å². The molecule has 344 valence electrons. The maximum Gasteiger partial charge on any atom is 0.346 e. The average molecular weight is 921 g/mol. The quantitative estimate of drug-likeness (QED) is 0.0476. The summed E-state index contributed by atoms with van der Waals surface area (Å²) in [6, 6.07) is 57.7. The van der Waals surface area contributed by atoms with Crippen LogP contribution in [0.25, 0.3) is 87.4 Å². The molecule has 0 saturated heterocycles. The number of aromatic nitrogens is 1. The lowest BCUT2D eigenvalue weighted by Crippen LogP contribution is -2.20. The number of benzene rings is 10. The zero-order chi connectivity index (χ0) is 48.1. The first-order valence-electron chi connectivity index (χ1n) is 25.4. The lowest BCUT2D eigenvalue weighted by atomic mass is 9.76. The van der Waals surface area contributed by atoms with E-state index < -0.39 is 17.4 Å². The lowest BCUT2D eigenvalue weighted by Gasteiger charge is -2.30. The number of cyclic esters (lactones) is 2. The Labute approximate surface area is 413 Å². The molecule has 0 saturated carbocycles.